The quantitative estimate of drug-likeness (QED) is 0.918. The van der Waals surface area contributed by atoms with E-state index in [2.05, 4.69) is 22.3 Å². The van der Waals surface area contributed by atoms with Crippen molar-refractivity contribution >= 4 is 11.6 Å². The van der Waals surface area contributed by atoms with E-state index in [0.29, 0.717) is 5.92 Å². The van der Waals surface area contributed by atoms with Crippen LogP contribution in [0.1, 0.15) is 22.3 Å². The third-order valence-corrected chi connectivity index (χ3v) is 4.59. The molecule has 0 aromatic heterocycles. The largest absolute Gasteiger partial charge is 0.497 e. The number of nitrogens with one attached hydrogen (secondary N) is 1. The van der Waals surface area contributed by atoms with Crippen LogP contribution in [0, 0.1) is 12.8 Å². The van der Waals surface area contributed by atoms with E-state index in [0.717, 1.165) is 42.9 Å². The molecule has 3 rings (SSSR count). The molecular formula is C20H24N2O2. The Bertz CT molecular complexity index is 680. The van der Waals surface area contributed by atoms with E-state index in [1.165, 1.54) is 5.69 Å². The van der Waals surface area contributed by atoms with Gasteiger partial charge in [-0.05, 0) is 55.7 Å². The first kappa shape index (κ1) is 16.4. The number of methoxy groups -OCH3 is 1. The molecule has 0 saturated carbocycles. The number of benzene rings is 2. The third kappa shape index (κ3) is 3.88. The zero-order chi connectivity index (χ0) is 16.9. The Morgan fingerprint density at radius 2 is 1.88 bits per heavy atom. The van der Waals surface area contributed by atoms with Crippen LogP contribution in [0.4, 0.5) is 5.69 Å². The summed E-state index contributed by atoms with van der Waals surface area (Å²) in [5.74, 6) is 1.37. The molecule has 1 unspecified atom stereocenters. The lowest BCUT2D eigenvalue weighted by Gasteiger charge is -2.19. The first-order valence-corrected chi connectivity index (χ1v) is 8.39. The van der Waals surface area contributed by atoms with Crippen LogP contribution in [0.15, 0.2) is 48.5 Å². The molecule has 1 aliphatic rings. The Kier molecular flexibility index (Phi) is 5.04. The summed E-state index contributed by atoms with van der Waals surface area (Å²) < 4.78 is 5.20. The fourth-order valence-electron chi connectivity index (χ4n) is 3.07. The van der Waals surface area contributed by atoms with Crippen LogP contribution in [0.3, 0.4) is 0 Å². The van der Waals surface area contributed by atoms with Gasteiger partial charge in [-0.3, -0.25) is 4.79 Å². The van der Waals surface area contributed by atoms with Crippen molar-refractivity contribution in [1.82, 2.24) is 5.32 Å². The second kappa shape index (κ2) is 7.39. The highest BCUT2D eigenvalue weighted by Gasteiger charge is 2.23. The smallest absolute Gasteiger partial charge is 0.251 e. The Balaban J connectivity index is 1.50. The maximum absolute atomic E-state index is 12.2. The molecule has 0 bridgehead atoms. The van der Waals surface area contributed by atoms with E-state index in [-0.39, 0.29) is 5.91 Å². The minimum absolute atomic E-state index is 0.0119. The summed E-state index contributed by atoms with van der Waals surface area (Å²) in [5, 5.41) is 3.07. The SMILES string of the molecule is COc1ccc(N2CCC(CNC(=O)c3ccc(C)cc3)C2)cc1. The number of carbonyl (C=O) groups is 1. The second-order valence-corrected chi connectivity index (χ2v) is 6.37. The van der Waals surface area contributed by atoms with Crippen molar-refractivity contribution in [2.45, 2.75) is 13.3 Å². The molecular weight excluding hydrogens is 300 g/mol. The van der Waals surface area contributed by atoms with E-state index in [1.54, 1.807) is 7.11 Å². The molecule has 1 atom stereocenters. The lowest BCUT2D eigenvalue weighted by Crippen LogP contribution is -2.31. The molecule has 24 heavy (non-hydrogen) atoms. The number of hydrogen-bond donors (Lipinski definition) is 1. The Hall–Kier alpha value is -2.49. The van der Waals surface area contributed by atoms with Crippen molar-refractivity contribution in [2.75, 3.05) is 31.6 Å². The molecule has 0 radical (unpaired) electrons. The van der Waals surface area contributed by atoms with Gasteiger partial charge in [-0.2, -0.15) is 0 Å². The number of rotatable bonds is 5. The van der Waals surface area contributed by atoms with Crippen LogP contribution in [0.2, 0.25) is 0 Å². The molecule has 1 amide bonds. The van der Waals surface area contributed by atoms with Crippen LogP contribution in [-0.4, -0.2) is 32.7 Å². The fraction of sp³-hybridized carbons (Fsp3) is 0.350. The minimum atomic E-state index is 0.0119. The topological polar surface area (TPSA) is 41.6 Å². The molecule has 1 saturated heterocycles. The zero-order valence-corrected chi connectivity index (χ0v) is 14.3. The number of carbonyl (C=O) groups excluding carboxylic acids is 1. The number of aryl methyl sites for hydroxylation is 1. The van der Waals surface area contributed by atoms with Gasteiger partial charge in [0.1, 0.15) is 5.75 Å². The van der Waals surface area contributed by atoms with Crippen molar-refractivity contribution in [3.05, 3.63) is 59.7 Å². The molecule has 126 valence electrons. The highest BCUT2D eigenvalue weighted by Crippen LogP contribution is 2.25. The summed E-state index contributed by atoms with van der Waals surface area (Å²) in [5.41, 5.74) is 3.10. The van der Waals surface area contributed by atoms with Gasteiger partial charge in [0.25, 0.3) is 5.91 Å². The summed E-state index contributed by atoms with van der Waals surface area (Å²) in [6, 6.07) is 15.8. The average Bonchev–Trinajstić information content (AvgIpc) is 3.09. The molecule has 0 spiro atoms. The van der Waals surface area contributed by atoms with Gasteiger partial charge in [0, 0.05) is 30.9 Å². The lowest BCUT2D eigenvalue weighted by molar-refractivity contribution is 0.0948. The van der Waals surface area contributed by atoms with Gasteiger partial charge in [0.05, 0.1) is 7.11 Å². The summed E-state index contributed by atoms with van der Waals surface area (Å²) in [6.07, 6.45) is 1.10. The van der Waals surface area contributed by atoms with E-state index in [9.17, 15) is 4.79 Å². The third-order valence-electron chi connectivity index (χ3n) is 4.59. The molecule has 1 N–H and O–H groups in total. The number of anilines is 1. The molecule has 4 heteroatoms. The summed E-state index contributed by atoms with van der Waals surface area (Å²) in [6.45, 7) is 4.74. The van der Waals surface area contributed by atoms with Gasteiger partial charge in [0.15, 0.2) is 0 Å². The van der Waals surface area contributed by atoms with Gasteiger partial charge in [-0.1, -0.05) is 17.7 Å². The van der Waals surface area contributed by atoms with Crippen molar-refractivity contribution in [3.63, 3.8) is 0 Å². The number of hydrogen-bond acceptors (Lipinski definition) is 3. The average molecular weight is 324 g/mol. The van der Waals surface area contributed by atoms with Gasteiger partial charge < -0.3 is 15.0 Å². The number of amides is 1. The number of ether oxygens (including phenoxy) is 1. The van der Waals surface area contributed by atoms with Crippen LogP contribution in [0.25, 0.3) is 0 Å². The van der Waals surface area contributed by atoms with E-state index < -0.39 is 0 Å². The van der Waals surface area contributed by atoms with Crippen molar-refractivity contribution < 1.29 is 9.53 Å². The normalized spacial score (nSPS) is 16.9. The summed E-state index contributed by atoms with van der Waals surface area (Å²) >= 11 is 0. The molecule has 1 heterocycles. The van der Waals surface area contributed by atoms with Crippen molar-refractivity contribution in [1.29, 1.82) is 0 Å². The molecule has 0 aliphatic carbocycles. The fourth-order valence-corrected chi connectivity index (χ4v) is 3.07. The van der Waals surface area contributed by atoms with Crippen LogP contribution in [-0.2, 0) is 0 Å². The highest BCUT2D eigenvalue weighted by molar-refractivity contribution is 5.94. The molecule has 1 aliphatic heterocycles. The van der Waals surface area contributed by atoms with Crippen LogP contribution >= 0.6 is 0 Å². The Morgan fingerprint density at radius 1 is 1.17 bits per heavy atom. The predicted octanol–water partition coefficient (Wildman–Crippen LogP) is 3.26. The monoisotopic (exact) mass is 324 g/mol. The van der Waals surface area contributed by atoms with Crippen LogP contribution in [0.5, 0.6) is 5.75 Å². The standard InChI is InChI=1S/C20H24N2O2/c1-15-3-5-17(6-4-15)20(23)21-13-16-11-12-22(14-16)18-7-9-19(24-2)10-8-18/h3-10,16H,11-14H2,1-2H3,(H,21,23). The van der Waals surface area contributed by atoms with Gasteiger partial charge in [-0.15, -0.1) is 0 Å². The Morgan fingerprint density at radius 3 is 2.54 bits per heavy atom. The maximum Gasteiger partial charge on any atom is 0.251 e. The van der Waals surface area contributed by atoms with Gasteiger partial charge >= 0.3 is 0 Å². The number of nitrogens with zero attached hydrogens (tertiary/aromatic N) is 1. The second-order valence-electron chi connectivity index (χ2n) is 6.37. The molecule has 2 aromatic carbocycles. The zero-order valence-electron chi connectivity index (χ0n) is 14.3. The first-order valence-electron chi connectivity index (χ1n) is 8.39. The van der Waals surface area contributed by atoms with E-state index >= 15 is 0 Å². The maximum atomic E-state index is 12.2. The minimum Gasteiger partial charge on any atom is -0.497 e. The molecule has 2 aromatic rings. The van der Waals surface area contributed by atoms with E-state index in [1.807, 2.05) is 43.3 Å². The molecule has 1 fully saturated rings. The van der Waals surface area contributed by atoms with Crippen LogP contribution < -0.4 is 15.0 Å². The van der Waals surface area contributed by atoms with Crippen molar-refractivity contribution in [2.24, 2.45) is 5.92 Å². The Labute approximate surface area is 143 Å². The summed E-state index contributed by atoms with van der Waals surface area (Å²) in [4.78, 5) is 14.6. The van der Waals surface area contributed by atoms with Gasteiger partial charge in [0.2, 0.25) is 0 Å². The first-order chi connectivity index (χ1) is 11.7. The van der Waals surface area contributed by atoms with Gasteiger partial charge in [-0.25, -0.2) is 0 Å². The predicted molar refractivity (Wildman–Crippen MR) is 96.8 cm³/mol. The lowest BCUT2D eigenvalue weighted by atomic mass is 10.1. The van der Waals surface area contributed by atoms with E-state index in [4.69, 9.17) is 4.74 Å². The molecule has 4 nitrogen and oxygen atoms in total. The summed E-state index contributed by atoms with van der Waals surface area (Å²) in [7, 11) is 1.68. The highest BCUT2D eigenvalue weighted by atomic mass is 16.5. The van der Waals surface area contributed by atoms with Crippen molar-refractivity contribution in [3.8, 4) is 5.75 Å².